The van der Waals surface area contributed by atoms with E-state index in [1.165, 1.54) is 5.69 Å². The lowest BCUT2D eigenvalue weighted by Gasteiger charge is -2.17. The third kappa shape index (κ3) is 2.86. The summed E-state index contributed by atoms with van der Waals surface area (Å²) in [5.74, 6) is -1.27. The number of likely N-dealkylation sites (tertiary alicyclic amines) is 1. The van der Waals surface area contributed by atoms with E-state index in [9.17, 15) is 14.7 Å². The lowest BCUT2D eigenvalue weighted by molar-refractivity contribution is -0.142. The van der Waals surface area contributed by atoms with Crippen molar-refractivity contribution < 1.29 is 14.7 Å². The van der Waals surface area contributed by atoms with Gasteiger partial charge in [0, 0.05) is 31.4 Å². The van der Waals surface area contributed by atoms with E-state index in [0.29, 0.717) is 18.8 Å². The van der Waals surface area contributed by atoms with E-state index in [1.54, 1.807) is 4.90 Å². The maximum atomic E-state index is 12.9. The molecule has 0 aromatic carbocycles. The van der Waals surface area contributed by atoms with Crippen molar-refractivity contribution in [2.45, 2.75) is 45.4 Å². The third-order valence-corrected chi connectivity index (χ3v) is 5.27. The molecule has 0 radical (unpaired) electrons. The second-order valence-corrected chi connectivity index (χ2v) is 6.81. The predicted molar refractivity (Wildman–Crippen MR) is 85.3 cm³/mol. The van der Waals surface area contributed by atoms with Crippen LogP contribution in [-0.4, -0.2) is 44.8 Å². The lowest BCUT2D eigenvalue weighted by Crippen LogP contribution is -2.31. The number of carbonyl (C=O) groups is 2. The Morgan fingerprint density at radius 1 is 1.26 bits per heavy atom. The van der Waals surface area contributed by atoms with Crippen LogP contribution in [0.4, 0.5) is 0 Å². The first-order valence-electron chi connectivity index (χ1n) is 8.59. The van der Waals surface area contributed by atoms with Crippen molar-refractivity contribution in [1.29, 1.82) is 0 Å². The molecule has 2 heterocycles. The summed E-state index contributed by atoms with van der Waals surface area (Å²) < 4.78 is 1.83. The summed E-state index contributed by atoms with van der Waals surface area (Å²) >= 11 is 0. The zero-order chi connectivity index (χ0) is 16.6. The molecule has 1 aromatic heterocycles. The van der Waals surface area contributed by atoms with E-state index >= 15 is 0 Å². The zero-order valence-electron chi connectivity index (χ0n) is 13.9. The number of aryl methyl sites for hydroxylation is 1. The van der Waals surface area contributed by atoms with Crippen molar-refractivity contribution in [1.82, 2.24) is 14.7 Å². The van der Waals surface area contributed by atoms with Crippen LogP contribution in [0.3, 0.4) is 0 Å². The number of carboxylic acids is 1. The average molecular weight is 319 g/mol. The van der Waals surface area contributed by atoms with Gasteiger partial charge in [-0.25, -0.2) is 0 Å². The summed E-state index contributed by atoms with van der Waals surface area (Å²) in [7, 11) is 1.89. The maximum Gasteiger partial charge on any atom is 0.308 e. The molecule has 1 N–H and O–H groups in total. The number of rotatable bonds is 4. The van der Waals surface area contributed by atoms with E-state index in [4.69, 9.17) is 0 Å². The van der Waals surface area contributed by atoms with E-state index in [2.05, 4.69) is 12.0 Å². The molecule has 0 unspecified atom stereocenters. The molecule has 2 aliphatic rings. The van der Waals surface area contributed by atoms with Crippen LogP contribution in [0.15, 0.2) is 0 Å². The number of aliphatic carboxylic acids is 1. The van der Waals surface area contributed by atoms with Gasteiger partial charge in [0.05, 0.1) is 5.92 Å². The Morgan fingerprint density at radius 3 is 2.70 bits per heavy atom. The van der Waals surface area contributed by atoms with Gasteiger partial charge in [-0.2, -0.15) is 5.10 Å². The first-order chi connectivity index (χ1) is 11.0. The molecule has 0 spiro atoms. The first-order valence-corrected chi connectivity index (χ1v) is 8.59. The smallest absolute Gasteiger partial charge is 0.308 e. The van der Waals surface area contributed by atoms with Gasteiger partial charge in [0.15, 0.2) is 5.69 Å². The van der Waals surface area contributed by atoms with Crippen LogP contribution in [-0.2, 0) is 24.7 Å². The number of hydrogen-bond donors (Lipinski definition) is 1. The monoisotopic (exact) mass is 319 g/mol. The Morgan fingerprint density at radius 2 is 2.00 bits per heavy atom. The number of amides is 1. The summed E-state index contributed by atoms with van der Waals surface area (Å²) in [4.78, 5) is 26.1. The average Bonchev–Trinajstić information content (AvgIpc) is 3.10. The lowest BCUT2D eigenvalue weighted by atomic mass is 9.92. The molecular formula is C17H25N3O3. The maximum absolute atomic E-state index is 12.9. The summed E-state index contributed by atoms with van der Waals surface area (Å²) in [6.45, 7) is 2.90. The topological polar surface area (TPSA) is 75.4 Å². The summed E-state index contributed by atoms with van der Waals surface area (Å²) in [6, 6.07) is 0. The molecule has 6 nitrogen and oxygen atoms in total. The molecule has 1 saturated heterocycles. The highest BCUT2D eigenvalue weighted by atomic mass is 16.4. The van der Waals surface area contributed by atoms with Crippen LogP contribution < -0.4 is 0 Å². The highest BCUT2D eigenvalue weighted by Gasteiger charge is 2.40. The first kappa shape index (κ1) is 16.0. The molecule has 2 atom stereocenters. The van der Waals surface area contributed by atoms with Crippen molar-refractivity contribution in [3.63, 3.8) is 0 Å². The van der Waals surface area contributed by atoms with Crippen LogP contribution in [0.5, 0.6) is 0 Å². The molecule has 126 valence electrons. The normalized spacial score (nSPS) is 23.8. The zero-order valence-corrected chi connectivity index (χ0v) is 13.9. The standard InChI is InChI=1S/C17H25N3O3/c1-3-6-11-9-20(10-13(11)17(22)23)16(21)15-12-7-4-5-8-14(12)19(2)18-15/h11,13H,3-10H2,1-2H3,(H,22,23)/t11-,13-/m0/s1. The van der Waals surface area contributed by atoms with Gasteiger partial charge in [0.25, 0.3) is 5.91 Å². The largest absolute Gasteiger partial charge is 0.481 e. The Balaban J connectivity index is 1.83. The van der Waals surface area contributed by atoms with Gasteiger partial charge in [0.2, 0.25) is 0 Å². The fraction of sp³-hybridized carbons (Fsp3) is 0.706. The summed E-state index contributed by atoms with van der Waals surface area (Å²) in [6.07, 6.45) is 5.90. The van der Waals surface area contributed by atoms with Crippen molar-refractivity contribution >= 4 is 11.9 Å². The Bertz CT molecular complexity index is 623. The number of hydrogen-bond acceptors (Lipinski definition) is 3. The van der Waals surface area contributed by atoms with Crippen molar-refractivity contribution in [3.05, 3.63) is 17.0 Å². The molecule has 1 aliphatic heterocycles. The quantitative estimate of drug-likeness (QED) is 0.919. The van der Waals surface area contributed by atoms with Gasteiger partial charge in [-0.3, -0.25) is 14.3 Å². The van der Waals surface area contributed by atoms with Crippen LogP contribution in [0.2, 0.25) is 0 Å². The number of aromatic nitrogens is 2. The molecule has 23 heavy (non-hydrogen) atoms. The number of carbonyl (C=O) groups excluding carboxylic acids is 1. The van der Waals surface area contributed by atoms with Crippen LogP contribution in [0, 0.1) is 11.8 Å². The molecule has 1 amide bonds. The van der Waals surface area contributed by atoms with E-state index < -0.39 is 11.9 Å². The minimum atomic E-state index is -0.790. The molecule has 1 aliphatic carbocycles. The summed E-state index contributed by atoms with van der Waals surface area (Å²) in [5.41, 5.74) is 2.79. The number of carboxylic acid groups (broad SMARTS) is 1. The van der Waals surface area contributed by atoms with Crippen molar-refractivity contribution in [2.75, 3.05) is 13.1 Å². The van der Waals surface area contributed by atoms with Crippen LogP contribution in [0.1, 0.15) is 54.4 Å². The molecule has 1 fully saturated rings. The van der Waals surface area contributed by atoms with Gasteiger partial charge in [-0.05, 0) is 38.0 Å². The summed E-state index contributed by atoms with van der Waals surface area (Å²) in [5, 5.41) is 13.9. The van der Waals surface area contributed by atoms with E-state index in [1.807, 2.05) is 11.7 Å². The highest BCUT2D eigenvalue weighted by molar-refractivity contribution is 5.94. The van der Waals surface area contributed by atoms with Gasteiger partial charge in [-0.1, -0.05) is 13.3 Å². The van der Waals surface area contributed by atoms with E-state index in [0.717, 1.165) is 44.1 Å². The minimum absolute atomic E-state index is 0.0565. The molecule has 3 rings (SSSR count). The molecule has 0 bridgehead atoms. The Hall–Kier alpha value is -1.85. The van der Waals surface area contributed by atoms with Crippen molar-refractivity contribution in [2.24, 2.45) is 18.9 Å². The second kappa shape index (κ2) is 6.34. The third-order valence-electron chi connectivity index (χ3n) is 5.27. The van der Waals surface area contributed by atoms with Gasteiger partial charge in [0.1, 0.15) is 0 Å². The molecule has 1 aromatic rings. The van der Waals surface area contributed by atoms with Crippen LogP contribution in [0.25, 0.3) is 0 Å². The van der Waals surface area contributed by atoms with Gasteiger partial charge >= 0.3 is 5.97 Å². The van der Waals surface area contributed by atoms with Gasteiger partial charge in [-0.15, -0.1) is 0 Å². The molecular weight excluding hydrogens is 294 g/mol. The van der Waals surface area contributed by atoms with E-state index in [-0.39, 0.29) is 11.8 Å². The Labute approximate surface area is 136 Å². The fourth-order valence-electron chi connectivity index (χ4n) is 4.07. The van der Waals surface area contributed by atoms with Gasteiger partial charge < -0.3 is 10.0 Å². The Kier molecular flexibility index (Phi) is 4.41. The van der Waals surface area contributed by atoms with Crippen molar-refractivity contribution in [3.8, 4) is 0 Å². The predicted octanol–water partition coefficient (Wildman–Crippen LogP) is 1.87. The highest BCUT2D eigenvalue weighted by Crippen LogP contribution is 2.30. The number of nitrogens with zero attached hydrogens (tertiary/aromatic N) is 3. The van der Waals surface area contributed by atoms with Crippen LogP contribution >= 0.6 is 0 Å². The SMILES string of the molecule is CCC[C@H]1CN(C(=O)c2nn(C)c3c2CCCC3)C[C@@H]1C(=O)O. The minimum Gasteiger partial charge on any atom is -0.481 e. The molecule has 6 heteroatoms. The second-order valence-electron chi connectivity index (χ2n) is 6.81. The number of fused-ring (bicyclic) bond motifs is 1. The fourth-order valence-corrected chi connectivity index (χ4v) is 4.07. The molecule has 0 saturated carbocycles.